The first-order valence-corrected chi connectivity index (χ1v) is 5.44. The average Bonchev–Trinajstić information content (AvgIpc) is 2.25. The Labute approximate surface area is 92.9 Å². The van der Waals surface area contributed by atoms with Gasteiger partial charge in [-0.2, -0.15) is 0 Å². The largest absolute Gasteiger partial charge is 0.306 e. The van der Waals surface area contributed by atoms with Crippen molar-refractivity contribution in [2.24, 2.45) is 5.92 Å². The second-order valence-electron chi connectivity index (χ2n) is 4.10. The van der Waals surface area contributed by atoms with Crippen LogP contribution in [0.3, 0.4) is 0 Å². The molecular formula is C14H19N. The van der Waals surface area contributed by atoms with Gasteiger partial charge in [-0.3, -0.25) is 0 Å². The monoisotopic (exact) mass is 201 g/mol. The predicted molar refractivity (Wildman–Crippen MR) is 65.7 cm³/mol. The van der Waals surface area contributed by atoms with Gasteiger partial charge in [-0.1, -0.05) is 50.1 Å². The van der Waals surface area contributed by atoms with Crippen molar-refractivity contribution in [2.45, 2.75) is 19.8 Å². The van der Waals surface area contributed by atoms with Crippen molar-refractivity contribution in [3.63, 3.8) is 0 Å². The molecule has 1 unspecified atom stereocenters. The summed E-state index contributed by atoms with van der Waals surface area (Å²) < 4.78 is 0. The minimum atomic E-state index is 0.541. The van der Waals surface area contributed by atoms with Gasteiger partial charge in [0.25, 0.3) is 0 Å². The molecule has 0 aromatic heterocycles. The van der Waals surface area contributed by atoms with Crippen LogP contribution in [0.2, 0.25) is 0 Å². The van der Waals surface area contributed by atoms with Crippen LogP contribution in [0.5, 0.6) is 0 Å². The van der Waals surface area contributed by atoms with Gasteiger partial charge >= 0.3 is 0 Å². The molecule has 0 radical (unpaired) electrons. The van der Waals surface area contributed by atoms with Gasteiger partial charge < -0.3 is 5.32 Å². The van der Waals surface area contributed by atoms with E-state index in [-0.39, 0.29) is 0 Å². The van der Waals surface area contributed by atoms with Gasteiger partial charge in [0.1, 0.15) is 0 Å². The molecule has 80 valence electrons. The Morgan fingerprint density at radius 1 is 1.27 bits per heavy atom. The number of terminal acetylenes is 1. The minimum Gasteiger partial charge on any atom is -0.306 e. The summed E-state index contributed by atoms with van der Waals surface area (Å²) in [6.45, 7) is 6.09. The lowest BCUT2D eigenvalue weighted by atomic mass is 9.88. The zero-order valence-corrected chi connectivity index (χ0v) is 9.53. The lowest BCUT2D eigenvalue weighted by Gasteiger charge is -2.21. The molecule has 0 spiro atoms. The van der Waals surface area contributed by atoms with Crippen LogP contribution >= 0.6 is 0 Å². The quantitative estimate of drug-likeness (QED) is 0.570. The predicted octanol–water partition coefficient (Wildman–Crippen LogP) is 2.65. The van der Waals surface area contributed by atoms with Crippen LogP contribution in [-0.2, 0) is 0 Å². The third-order valence-electron chi connectivity index (χ3n) is 2.62. The van der Waals surface area contributed by atoms with Crippen molar-refractivity contribution >= 4 is 0 Å². The molecule has 0 saturated heterocycles. The highest BCUT2D eigenvalue weighted by Gasteiger charge is 2.14. The molecule has 1 nitrogen and oxygen atoms in total. The summed E-state index contributed by atoms with van der Waals surface area (Å²) in [6, 6.07) is 10.6. The maximum atomic E-state index is 5.22. The van der Waals surface area contributed by atoms with Crippen molar-refractivity contribution in [1.29, 1.82) is 0 Å². The summed E-state index contributed by atoms with van der Waals surface area (Å²) in [5.74, 6) is 3.77. The van der Waals surface area contributed by atoms with Crippen LogP contribution in [0.1, 0.15) is 25.3 Å². The highest BCUT2D eigenvalue weighted by atomic mass is 14.8. The molecule has 0 aliphatic carbocycles. The molecule has 0 fully saturated rings. The summed E-state index contributed by atoms with van der Waals surface area (Å²) in [7, 11) is 0. The second kappa shape index (κ2) is 6.27. The molecule has 1 aromatic carbocycles. The van der Waals surface area contributed by atoms with Gasteiger partial charge in [-0.25, -0.2) is 0 Å². The van der Waals surface area contributed by atoms with Gasteiger partial charge in [-0.05, 0) is 17.4 Å². The van der Waals surface area contributed by atoms with E-state index in [9.17, 15) is 0 Å². The number of hydrogen-bond acceptors (Lipinski definition) is 1. The highest BCUT2D eigenvalue weighted by Crippen LogP contribution is 2.23. The molecule has 1 atom stereocenters. The van der Waals surface area contributed by atoms with Crippen molar-refractivity contribution in [3.8, 4) is 12.3 Å². The molecule has 15 heavy (non-hydrogen) atoms. The van der Waals surface area contributed by atoms with E-state index in [1.807, 2.05) is 0 Å². The van der Waals surface area contributed by atoms with Gasteiger partial charge in [0.2, 0.25) is 0 Å². The zero-order chi connectivity index (χ0) is 11.1. The van der Waals surface area contributed by atoms with Crippen molar-refractivity contribution < 1.29 is 0 Å². The Bertz CT molecular complexity index is 308. The smallest absolute Gasteiger partial charge is 0.0574 e. The molecular weight excluding hydrogens is 182 g/mol. The van der Waals surface area contributed by atoms with Gasteiger partial charge in [0, 0.05) is 6.54 Å². The van der Waals surface area contributed by atoms with Gasteiger partial charge in [0.05, 0.1) is 6.54 Å². The van der Waals surface area contributed by atoms with Crippen LogP contribution in [0.15, 0.2) is 30.3 Å². The summed E-state index contributed by atoms with van der Waals surface area (Å²) >= 11 is 0. The molecule has 1 aromatic rings. The maximum Gasteiger partial charge on any atom is 0.0574 e. The number of rotatable bonds is 5. The van der Waals surface area contributed by atoms with Crippen LogP contribution in [-0.4, -0.2) is 13.1 Å². The fourth-order valence-electron chi connectivity index (χ4n) is 1.74. The molecule has 0 aliphatic rings. The third kappa shape index (κ3) is 3.77. The topological polar surface area (TPSA) is 12.0 Å². The summed E-state index contributed by atoms with van der Waals surface area (Å²) in [6.07, 6.45) is 5.22. The third-order valence-corrected chi connectivity index (χ3v) is 2.62. The Morgan fingerprint density at radius 2 is 1.93 bits per heavy atom. The van der Waals surface area contributed by atoms with E-state index in [0.717, 1.165) is 6.54 Å². The van der Waals surface area contributed by atoms with Crippen molar-refractivity contribution in [1.82, 2.24) is 5.32 Å². The van der Waals surface area contributed by atoms with E-state index in [4.69, 9.17) is 6.42 Å². The molecule has 1 heteroatoms. The molecule has 1 N–H and O–H groups in total. The van der Waals surface area contributed by atoms with Crippen LogP contribution in [0, 0.1) is 18.3 Å². The standard InChI is InChI=1S/C14H19N/c1-4-10-15-11-14(12(2)3)13-8-6-5-7-9-13/h1,5-9,12,14-15H,10-11H2,2-3H3. The summed E-state index contributed by atoms with van der Waals surface area (Å²) in [4.78, 5) is 0. The Balaban J connectivity index is 2.63. The Hall–Kier alpha value is -1.26. The normalized spacial score (nSPS) is 12.4. The number of benzene rings is 1. The Kier molecular flexibility index (Phi) is 4.93. The van der Waals surface area contributed by atoms with Crippen LogP contribution < -0.4 is 5.32 Å². The fraction of sp³-hybridized carbons (Fsp3) is 0.429. The first-order valence-electron chi connectivity index (χ1n) is 5.44. The molecule has 1 rings (SSSR count). The number of nitrogens with one attached hydrogen (secondary N) is 1. The summed E-state index contributed by atoms with van der Waals surface area (Å²) in [5.41, 5.74) is 1.39. The van der Waals surface area contributed by atoms with Gasteiger partial charge in [0.15, 0.2) is 0 Å². The zero-order valence-electron chi connectivity index (χ0n) is 9.53. The van der Waals surface area contributed by atoms with E-state index >= 15 is 0 Å². The first-order chi connectivity index (χ1) is 7.25. The van der Waals surface area contributed by atoms with E-state index in [1.165, 1.54) is 5.56 Å². The molecule has 0 bridgehead atoms. The maximum absolute atomic E-state index is 5.22. The highest BCUT2D eigenvalue weighted by molar-refractivity contribution is 5.20. The van der Waals surface area contributed by atoms with Crippen molar-refractivity contribution in [3.05, 3.63) is 35.9 Å². The molecule has 0 saturated carbocycles. The lowest BCUT2D eigenvalue weighted by molar-refractivity contribution is 0.472. The first kappa shape index (κ1) is 11.8. The van der Waals surface area contributed by atoms with Crippen molar-refractivity contribution in [2.75, 3.05) is 13.1 Å². The molecule has 0 amide bonds. The van der Waals surface area contributed by atoms with Crippen LogP contribution in [0.25, 0.3) is 0 Å². The van der Waals surface area contributed by atoms with E-state index in [2.05, 4.69) is 55.4 Å². The summed E-state index contributed by atoms with van der Waals surface area (Å²) in [5, 5.41) is 3.28. The molecule has 0 aliphatic heterocycles. The minimum absolute atomic E-state index is 0.541. The Morgan fingerprint density at radius 3 is 2.47 bits per heavy atom. The van der Waals surface area contributed by atoms with Gasteiger partial charge in [-0.15, -0.1) is 6.42 Å². The van der Waals surface area contributed by atoms with Crippen LogP contribution in [0.4, 0.5) is 0 Å². The second-order valence-corrected chi connectivity index (χ2v) is 4.10. The SMILES string of the molecule is C#CCNCC(c1ccccc1)C(C)C. The van der Waals surface area contributed by atoms with E-state index in [1.54, 1.807) is 0 Å². The van der Waals surface area contributed by atoms with E-state index in [0.29, 0.717) is 18.4 Å². The average molecular weight is 201 g/mol. The lowest BCUT2D eigenvalue weighted by Crippen LogP contribution is -2.24. The number of hydrogen-bond donors (Lipinski definition) is 1. The molecule has 0 heterocycles. The van der Waals surface area contributed by atoms with E-state index < -0.39 is 0 Å². The fourth-order valence-corrected chi connectivity index (χ4v) is 1.74.